The number of nitrogens with one attached hydrogen (secondary N) is 1. The minimum Gasteiger partial charge on any atom is -0.489 e. The predicted octanol–water partition coefficient (Wildman–Crippen LogP) is 7.05. The van der Waals surface area contributed by atoms with Crippen LogP contribution in [0.25, 0.3) is 11.3 Å². The van der Waals surface area contributed by atoms with Crippen molar-refractivity contribution in [2.24, 2.45) is 0 Å². The van der Waals surface area contributed by atoms with Crippen molar-refractivity contribution in [3.05, 3.63) is 142 Å². The minimum atomic E-state index is -0.296. The summed E-state index contributed by atoms with van der Waals surface area (Å²) in [4.78, 5) is 15.5. The van der Waals surface area contributed by atoms with Crippen molar-refractivity contribution in [2.45, 2.75) is 19.2 Å². The average Bonchev–Trinajstić information content (AvgIpc) is 3.48. The fourth-order valence-electron chi connectivity index (χ4n) is 4.80. The number of aromatic amines is 1. The smallest absolute Gasteiger partial charge is 0.273 e. The number of hydrogen-bond donors (Lipinski definition) is 1. The molecule has 0 aliphatic carbocycles. The molecule has 1 aliphatic heterocycles. The second-order valence-electron chi connectivity index (χ2n) is 9.03. The van der Waals surface area contributed by atoms with E-state index in [0.29, 0.717) is 23.9 Å². The zero-order valence-electron chi connectivity index (χ0n) is 20.0. The number of carbonyl (C=O) groups is 1. The average molecular weight is 506 g/mol. The molecule has 6 rings (SSSR count). The number of aromatic nitrogens is 2. The maximum atomic E-state index is 13.6. The van der Waals surface area contributed by atoms with Gasteiger partial charge in [-0.05, 0) is 41.0 Å². The van der Waals surface area contributed by atoms with Crippen molar-refractivity contribution in [3.63, 3.8) is 0 Å². The van der Waals surface area contributed by atoms with Crippen LogP contribution in [0.4, 0.5) is 0 Å². The van der Waals surface area contributed by atoms with Gasteiger partial charge in [-0.1, -0.05) is 96.5 Å². The summed E-state index contributed by atoms with van der Waals surface area (Å²) in [6.45, 7) is 0.980. The highest BCUT2D eigenvalue weighted by Crippen LogP contribution is 2.43. The van der Waals surface area contributed by atoms with E-state index in [1.54, 1.807) is 0 Å². The Hall–Kier alpha value is -4.35. The highest BCUT2D eigenvalue weighted by Gasteiger charge is 2.42. The Bertz CT molecular complexity index is 1520. The molecule has 2 heterocycles. The van der Waals surface area contributed by atoms with Gasteiger partial charge in [-0.2, -0.15) is 5.10 Å². The Balaban J connectivity index is 1.36. The molecular formula is C31H24ClN3O2. The van der Waals surface area contributed by atoms with Crippen LogP contribution in [0.1, 0.15) is 38.8 Å². The summed E-state index contributed by atoms with van der Waals surface area (Å²) in [5.74, 6) is 0.706. The van der Waals surface area contributed by atoms with Crippen molar-refractivity contribution in [1.82, 2.24) is 15.1 Å². The standard InChI is InChI=1S/C31H24ClN3O2/c32-25-15-11-23(12-16-25)28-27-29(34-33-28)31(36)35(19-21-7-3-1-4-8-21)30(27)24-13-17-26(18-14-24)37-20-22-9-5-2-6-10-22/h1-18,30H,19-20H2,(H,33,34). The number of amides is 1. The SMILES string of the molecule is O=C1c2[nH]nc(-c3ccc(Cl)cc3)c2C(c2ccc(OCc3ccccc3)cc2)N1Cc1ccccc1. The molecule has 0 saturated carbocycles. The van der Waals surface area contributed by atoms with Gasteiger partial charge >= 0.3 is 0 Å². The van der Waals surface area contributed by atoms with Gasteiger partial charge in [0.15, 0.2) is 0 Å². The number of carbonyl (C=O) groups excluding carboxylic acids is 1. The van der Waals surface area contributed by atoms with E-state index in [2.05, 4.69) is 10.2 Å². The van der Waals surface area contributed by atoms with E-state index in [0.717, 1.165) is 39.3 Å². The molecule has 37 heavy (non-hydrogen) atoms. The lowest BCUT2D eigenvalue weighted by Crippen LogP contribution is -2.29. The molecule has 1 amide bonds. The Morgan fingerprint density at radius 2 is 1.46 bits per heavy atom. The maximum Gasteiger partial charge on any atom is 0.273 e. The first-order chi connectivity index (χ1) is 18.2. The van der Waals surface area contributed by atoms with Crippen LogP contribution in [-0.2, 0) is 13.2 Å². The summed E-state index contributed by atoms with van der Waals surface area (Å²) in [6, 6.07) is 35.3. The molecule has 182 valence electrons. The van der Waals surface area contributed by atoms with Crippen LogP contribution in [0.3, 0.4) is 0 Å². The van der Waals surface area contributed by atoms with Gasteiger partial charge in [-0.15, -0.1) is 0 Å². The second-order valence-corrected chi connectivity index (χ2v) is 9.47. The van der Waals surface area contributed by atoms with E-state index >= 15 is 0 Å². The molecule has 0 radical (unpaired) electrons. The van der Waals surface area contributed by atoms with Crippen molar-refractivity contribution in [3.8, 4) is 17.0 Å². The minimum absolute atomic E-state index is 0.0685. The first kappa shape index (κ1) is 23.1. The molecule has 1 aliphatic rings. The third kappa shape index (κ3) is 4.61. The van der Waals surface area contributed by atoms with Gasteiger partial charge in [0.1, 0.15) is 18.1 Å². The maximum absolute atomic E-state index is 13.6. The number of fused-ring (bicyclic) bond motifs is 1. The monoisotopic (exact) mass is 505 g/mol. The quantitative estimate of drug-likeness (QED) is 0.258. The molecule has 1 N–H and O–H groups in total. The largest absolute Gasteiger partial charge is 0.489 e. The second kappa shape index (κ2) is 9.96. The number of H-pyrrole nitrogens is 1. The van der Waals surface area contributed by atoms with Crippen molar-refractivity contribution in [1.29, 1.82) is 0 Å². The molecule has 1 aromatic heterocycles. The number of hydrogen-bond acceptors (Lipinski definition) is 3. The molecule has 0 spiro atoms. The Morgan fingerprint density at radius 3 is 2.14 bits per heavy atom. The van der Waals surface area contributed by atoms with Crippen molar-refractivity contribution in [2.75, 3.05) is 0 Å². The molecule has 1 unspecified atom stereocenters. The third-order valence-corrected chi connectivity index (χ3v) is 6.87. The van der Waals surface area contributed by atoms with Crippen LogP contribution in [0.2, 0.25) is 5.02 Å². The van der Waals surface area contributed by atoms with E-state index < -0.39 is 0 Å². The third-order valence-electron chi connectivity index (χ3n) is 6.62. The molecule has 0 bridgehead atoms. The summed E-state index contributed by atoms with van der Waals surface area (Å²) in [5, 5.41) is 8.21. The van der Waals surface area contributed by atoms with Crippen LogP contribution in [0.5, 0.6) is 5.75 Å². The topological polar surface area (TPSA) is 58.2 Å². The zero-order chi connectivity index (χ0) is 25.2. The first-order valence-electron chi connectivity index (χ1n) is 12.1. The molecule has 1 atom stereocenters. The summed E-state index contributed by atoms with van der Waals surface area (Å²) in [7, 11) is 0. The summed E-state index contributed by atoms with van der Waals surface area (Å²) in [5.41, 5.74) is 6.23. The molecule has 4 aromatic carbocycles. The zero-order valence-corrected chi connectivity index (χ0v) is 20.7. The number of nitrogens with zero attached hydrogens (tertiary/aromatic N) is 2. The van der Waals surface area contributed by atoms with Gasteiger partial charge in [-0.3, -0.25) is 9.89 Å². The van der Waals surface area contributed by atoms with E-state index in [9.17, 15) is 4.79 Å². The normalized spacial score (nSPS) is 14.6. The fraction of sp³-hybridized carbons (Fsp3) is 0.0968. The molecule has 6 heteroatoms. The molecule has 5 nitrogen and oxygen atoms in total. The number of ether oxygens (including phenoxy) is 1. The lowest BCUT2D eigenvalue weighted by atomic mass is 9.96. The van der Waals surface area contributed by atoms with Gasteiger partial charge in [0, 0.05) is 22.7 Å². The Morgan fingerprint density at radius 1 is 0.811 bits per heavy atom. The van der Waals surface area contributed by atoms with E-state index in [4.69, 9.17) is 16.3 Å². The van der Waals surface area contributed by atoms with Crippen molar-refractivity contribution < 1.29 is 9.53 Å². The van der Waals surface area contributed by atoms with Crippen molar-refractivity contribution >= 4 is 17.5 Å². The fourth-order valence-corrected chi connectivity index (χ4v) is 4.93. The Kier molecular flexibility index (Phi) is 6.21. The van der Waals surface area contributed by atoms with E-state index in [1.807, 2.05) is 114 Å². The van der Waals surface area contributed by atoms with Gasteiger partial charge in [-0.25, -0.2) is 0 Å². The number of benzene rings is 4. The van der Waals surface area contributed by atoms with Gasteiger partial charge in [0.25, 0.3) is 5.91 Å². The van der Waals surface area contributed by atoms with Crippen LogP contribution < -0.4 is 4.74 Å². The summed E-state index contributed by atoms with van der Waals surface area (Å²) >= 11 is 6.13. The predicted molar refractivity (Wildman–Crippen MR) is 144 cm³/mol. The highest BCUT2D eigenvalue weighted by molar-refractivity contribution is 6.30. The number of halogens is 1. The molecular weight excluding hydrogens is 482 g/mol. The van der Waals surface area contributed by atoms with Gasteiger partial charge < -0.3 is 9.64 Å². The lowest BCUT2D eigenvalue weighted by Gasteiger charge is -2.26. The summed E-state index contributed by atoms with van der Waals surface area (Å²) in [6.07, 6.45) is 0. The molecule has 5 aromatic rings. The first-order valence-corrected chi connectivity index (χ1v) is 12.5. The number of rotatable bonds is 7. The van der Waals surface area contributed by atoms with Gasteiger partial charge in [0.2, 0.25) is 0 Å². The summed E-state index contributed by atoms with van der Waals surface area (Å²) < 4.78 is 6.00. The van der Waals surface area contributed by atoms with Crippen LogP contribution >= 0.6 is 11.6 Å². The molecule has 0 fully saturated rings. The lowest BCUT2D eigenvalue weighted by molar-refractivity contribution is 0.0730. The Labute approximate surface area is 220 Å². The van der Waals surface area contributed by atoms with Crippen LogP contribution in [-0.4, -0.2) is 21.0 Å². The van der Waals surface area contributed by atoms with Crippen LogP contribution in [0.15, 0.2) is 109 Å². The highest BCUT2D eigenvalue weighted by atomic mass is 35.5. The van der Waals surface area contributed by atoms with E-state index in [1.165, 1.54) is 0 Å². The molecule has 0 saturated heterocycles. The van der Waals surface area contributed by atoms with Crippen LogP contribution in [0, 0.1) is 0 Å². The van der Waals surface area contributed by atoms with E-state index in [-0.39, 0.29) is 11.9 Å². The van der Waals surface area contributed by atoms with Gasteiger partial charge in [0.05, 0.1) is 11.7 Å².